The predicted molar refractivity (Wildman–Crippen MR) is 90.2 cm³/mol. The Morgan fingerprint density at radius 3 is 2.54 bits per heavy atom. The Kier molecular flexibility index (Phi) is 5.48. The number of piperazine rings is 1. The molecule has 0 spiro atoms. The summed E-state index contributed by atoms with van der Waals surface area (Å²) in [6.07, 6.45) is 2.13. The van der Waals surface area contributed by atoms with Crippen LogP contribution in [0.25, 0.3) is 0 Å². The Bertz CT molecular complexity index is 635. The molecule has 0 aliphatic carbocycles. The van der Waals surface area contributed by atoms with Crippen LogP contribution in [0.3, 0.4) is 0 Å². The summed E-state index contributed by atoms with van der Waals surface area (Å²) in [5, 5.41) is 3.21. The van der Waals surface area contributed by atoms with Crippen molar-refractivity contribution < 1.29 is 13.6 Å². The van der Waals surface area contributed by atoms with Crippen molar-refractivity contribution in [1.82, 2.24) is 10.2 Å². The molecule has 0 radical (unpaired) electrons. The van der Waals surface area contributed by atoms with Crippen molar-refractivity contribution in [2.45, 2.75) is 13.0 Å². The predicted octanol–water partition coefficient (Wildman–Crippen LogP) is 2.25. The van der Waals surface area contributed by atoms with Gasteiger partial charge in [0, 0.05) is 44.8 Å². The molecule has 5 nitrogen and oxygen atoms in total. The molecule has 1 aromatic heterocycles. The van der Waals surface area contributed by atoms with Crippen LogP contribution in [0.1, 0.15) is 12.2 Å². The van der Waals surface area contributed by atoms with Gasteiger partial charge in [0.1, 0.15) is 11.6 Å². The molecular weight excluding hydrogens is 309 g/mol. The van der Waals surface area contributed by atoms with E-state index in [1.165, 1.54) is 12.1 Å². The SMILES string of the molecule is O=C(CCNCc1ccco1)N1CCN(c2ccc(F)cc2)CC1. The van der Waals surface area contributed by atoms with Gasteiger partial charge >= 0.3 is 0 Å². The fourth-order valence-corrected chi connectivity index (χ4v) is 2.84. The lowest BCUT2D eigenvalue weighted by Crippen LogP contribution is -2.49. The number of nitrogens with zero attached hydrogens (tertiary/aromatic N) is 2. The van der Waals surface area contributed by atoms with Gasteiger partial charge in [-0.25, -0.2) is 4.39 Å². The van der Waals surface area contributed by atoms with Gasteiger partial charge in [-0.05, 0) is 36.4 Å². The highest BCUT2D eigenvalue weighted by Crippen LogP contribution is 2.17. The number of anilines is 1. The molecule has 3 rings (SSSR count). The van der Waals surface area contributed by atoms with Gasteiger partial charge in [0.2, 0.25) is 5.91 Å². The number of rotatable bonds is 6. The number of hydrogen-bond acceptors (Lipinski definition) is 4. The summed E-state index contributed by atoms with van der Waals surface area (Å²) in [7, 11) is 0. The van der Waals surface area contributed by atoms with E-state index in [-0.39, 0.29) is 11.7 Å². The van der Waals surface area contributed by atoms with Crippen molar-refractivity contribution >= 4 is 11.6 Å². The minimum atomic E-state index is -0.227. The van der Waals surface area contributed by atoms with Crippen LogP contribution in [0, 0.1) is 5.82 Å². The fourth-order valence-electron chi connectivity index (χ4n) is 2.84. The number of hydrogen-bond donors (Lipinski definition) is 1. The summed E-state index contributed by atoms with van der Waals surface area (Å²) in [5.41, 5.74) is 1.00. The second-order valence-electron chi connectivity index (χ2n) is 5.85. The normalized spacial score (nSPS) is 14.9. The van der Waals surface area contributed by atoms with Gasteiger partial charge in [-0.2, -0.15) is 0 Å². The first-order valence-corrected chi connectivity index (χ1v) is 8.24. The average Bonchev–Trinajstić information content (AvgIpc) is 3.13. The molecular formula is C18H22FN3O2. The first kappa shape index (κ1) is 16.5. The number of amides is 1. The lowest BCUT2D eigenvalue weighted by molar-refractivity contribution is -0.131. The van der Waals surface area contributed by atoms with E-state index in [2.05, 4.69) is 10.2 Å². The maximum atomic E-state index is 13.0. The Morgan fingerprint density at radius 2 is 1.88 bits per heavy atom. The van der Waals surface area contributed by atoms with Gasteiger partial charge in [0.25, 0.3) is 0 Å². The third-order valence-electron chi connectivity index (χ3n) is 4.22. The second-order valence-corrected chi connectivity index (χ2v) is 5.85. The molecule has 0 bridgehead atoms. The van der Waals surface area contributed by atoms with Gasteiger partial charge in [0.15, 0.2) is 0 Å². The zero-order chi connectivity index (χ0) is 16.8. The zero-order valence-electron chi connectivity index (χ0n) is 13.6. The smallest absolute Gasteiger partial charge is 0.223 e. The number of halogens is 1. The van der Waals surface area contributed by atoms with E-state index in [0.717, 1.165) is 24.5 Å². The van der Waals surface area contributed by atoms with Crippen molar-refractivity contribution in [1.29, 1.82) is 0 Å². The Hall–Kier alpha value is -2.34. The molecule has 128 valence electrons. The highest BCUT2D eigenvalue weighted by Gasteiger charge is 2.20. The number of carbonyl (C=O) groups excluding carboxylic acids is 1. The van der Waals surface area contributed by atoms with Gasteiger partial charge < -0.3 is 19.5 Å². The van der Waals surface area contributed by atoms with E-state index in [1.807, 2.05) is 17.0 Å². The van der Waals surface area contributed by atoms with E-state index in [1.54, 1.807) is 18.4 Å². The van der Waals surface area contributed by atoms with Gasteiger partial charge in [-0.3, -0.25) is 4.79 Å². The third kappa shape index (κ3) is 4.35. The maximum absolute atomic E-state index is 13.0. The Morgan fingerprint density at radius 1 is 1.12 bits per heavy atom. The summed E-state index contributed by atoms with van der Waals surface area (Å²) >= 11 is 0. The van der Waals surface area contributed by atoms with Crippen LogP contribution in [0.15, 0.2) is 47.1 Å². The van der Waals surface area contributed by atoms with Crippen molar-refractivity contribution in [2.24, 2.45) is 0 Å². The van der Waals surface area contributed by atoms with Gasteiger partial charge in [-0.15, -0.1) is 0 Å². The lowest BCUT2D eigenvalue weighted by Gasteiger charge is -2.36. The van der Waals surface area contributed by atoms with E-state index >= 15 is 0 Å². The third-order valence-corrected chi connectivity index (χ3v) is 4.22. The molecule has 1 saturated heterocycles. The molecule has 0 atom stereocenters. The maximum Gasteiger partial charge on any atom is 0.223 e. The van der Waals surface area contributed by atoms with Crippen LogP contribution in [0.5, 0.6) is 0 Å². The van der Waals surface area contributed by atoms with Crippen LogP contribution in [-0.4, -0.2) is 43.5 Å². The van der Waals surface area contributed by atoms with Crippen LogP contribution in [0.4, 0.5) is 10.1 Å². The van der Waals surface area contributed by atoms with E-state index in [9.17, 15) is 9.18 Å². The quantitative estimate of drug-likeness (QED) is 0.825. The highest BCUT2D eigenvalue weighted by atomic mass is 19.1. The molecule has 2 heterocycles. The minimum absolute atomic E-state index is 0.167. The second kappa shape index (κ2) is 7.97. The molecule has 6 heteroatoms. The van der Waals surface area contributed by atoms with Gasteiger partial charge in [0.05, 0.1) is 12.8 Å². The van der Waals surface area contributed by atoms with Crippen molar-refractivity contribution in [3.63, 3.8) is 0 Å². The summed E-state index contributed by atoms with van der Waals surface area (Å²) in [6.45, 7) is 4.23. The zero-order valence-corrected chi connectivity index (χ0v) is 13.6. The lowest BCUT2D eigenvalue weighted by atomic mass is 10.2. The topological polar surface area (TPSA) is 48.7 Å². The molecule has 24 heavy (non-hydrogen) atoms. The molecule has 0 saturated carbocycles. The Labute approximate surface area is 141 Å². The number of nitrogens with one attached hydrogen (secondary N) is 1. The number of carbonyl (C=O) groups is 1. The molecule has 1 fully saturated rings. The van der Waals surface area contributed by atoms with Crippen molar-refractivity contribution in [3.05, 3.63) is 54.2 Å². The van der Waals surface area contributed by atoms with E-state index in [0.29, 0.717) is 32.6 Å². The van der Waals surface area contributed by atoms with Crippen LogP contribution in [0.2, 0.25) is 0 Å². The van der Waals surface area contributed by atoms with E-state index in [4.69, 9.17) is 4.42 Å². The number of benzene rings is 1. The fraction of sp³-hybridized carbons (Fsp3) is 0.389. The standard InChI is InChI=1S/C18H22FN3O2/c19-15-3-5-16(6-4-15)21-9-11-22(12-10-21)18(23)7-8-20-14-17-2-1-13-24-17/h1-6,13,20H,7-12,14H2. The molecule has 1 aromatic carbocycles. The van der Waals surface area contributed by atoms with Crippen LogP contribution in [-0.2, 0) is 11.3 Å². The molecule has 1 amide bonds. The number of furan rings is 1. The minimum Gasteiger partial charge on any atom is -0.468 e. The highest BCUT2D eigenvalue weighted by molar-refractivity contribution is 5.76. The first-order chi connectivity index (χ1) is 11.7. The molecule has 1 aliphatic rings. The summed E-state index contributed by atoms with van der Waals surface area (Å²) < 4.78 is 18.2. The van der Waals surface area contributed by atoms with E-state index < -0.39 is 0 Å². The van der Waals surface area contributed by atoms with Crippen LogP contribution >= 0.6 is 0 Å². The van der Waals surface area contributed by atoms with Crippen molar-refractivity contribution in [2.75, 3.05) is 37.6 Å². The molecule has 0 unspecified atom stereocenters. The molecule has 1 aliphatic heterocycles. The van der Waals surface area contributed by atoms with Gasteiger partial charge in [-0.1, -0.05) is 0 Å². The Balaban J connectivity index is 1.37. The summed E-state index contributed by atoms with van der Waals surface area (Å²) in [4.78, 5) is 16.3. The summed E-state index contributed by atoms with van der Waals surface area (Å²) in [6, 6.07) is 10.3. The molecule has 2 aromatic rings. The largest absolute Gasteiger partial charge is 0.468 e. The summed E-state index contributed by atoms with van der Waals surface area (Å²) in [5.74, 6) is 0.811. The average molecular weight is 331 g/mol. The monoisotopic (exact) mass is 331 g/mol. The van der Waals surface area contributed by atoms with Crippen molar-refractivity contribution in [3.8, 4) is 0 Å². The first-order valence-electron chi connectivity index (χ1n) is 8.24. The van der Waals surface area contributed by atoms with Crippen LogP contribution < -0.4 is 10.2 Å². The molecule has 1 N–H and O–H groups in total.